The lowest BCUT2D eigenvalue weighted by atomic mass is 9.96. The van der Waals surface area contributed by atoms with Gasteiger partial charge in [-0.3, -0.25) is 14.8 Å². The molecule has 2 saturated heterocycles. The SMILES string of the molecule is COc1cc2c(cc1N1CCN3CCCC3C1)N(C(=O)Nc1cccc3c(-c4ccc(C)nc4C)cccc13)CC2. The van der Waals surface area contributed by atoms with E-state index in [9.17, 15) is 4.79 Å². The number of aromatic nitrogens is 1. The second kappa shape index (κ2) is 10.4. The zero-order valence-corrected chi connectivity index (χ0v) is 24.1. The number of piperazine rings is 1. The van der Waals surface area contributed by atoms with Crippen molar-refractivity contribution < 1.29 is 9.53 Å². The molecule has 7 heteroatoms. The molecule has 4 heterocycles. The van der Waals surface area contributed by atoms with Gasteiger partial charge in [0.15, 0.2) is 0 Å². The van der Waals surface area contributed by atoms with Crippen LogP contribution in [0.2, 0.25) is 0 Å². The first-order valence-electron chi connectivity index (χ1n) is 14.7. The van der Waals surface area contributed by atoms with Gasteiger partial charge < -0.3 is 15.0 Å². The molecule has 0 aliphatic carbocycles. The molecule has 3 aliphatic heterocycles. The molecule has 2 amide bonds. The zero-order valence-electron chi connectivity index (χ0n) is 24.1. The Hall–Kier alpha value is -4.10. The first-order chi connectivity index (χ1) is 20.0. The number of amides is 2. The van der Waals surface area contributed by atoms with Gasteiger partial charge in [0.25, 0.3) is 0 Å². The number of methoxy groups -OCH3 is 1. The molecular weight excluding hydrogens is 510 g/mol. The summed E-state index contributed by atoms with van der Waals surface area (Å²) in [5.74, 6) is 0.903. The fourth-order valence-corrected chi connectivity index (χ4v) is 7.04. The number of nitrogens with zero attached hydrogens (tertiary/aromatic N) is 4. The quantitative estimate of drug-likeness (QED) is 0.320. The molecule has 4 aromatic rings. The van der Waals surface area contributed by atoms with Crippen LogP contribution in [-0.4, -0.2) is 61.8 Å². The van der Waals surface area contributed by atoms with Crippen LogP contribution in [0, 0.1) is 13.8 Å². The highest BCUT2D eigenvalue weighted by atomic mass is 16.5. The Morgan fingerprint density at radius 3 is 2.63 bits per heavy atom. The van der Waals surface area contributed by atoms with Crippen LogP contribution in [-0.2, 0) is 6.42 Å². The second-order valence-corrected chi connectivity index (χ2v) is 11.6. The summed E-state index contributed by atoms with van der Waals surface area (Å²) in [5, 5.41) is 5.36. The molecule has 1 aromatic heterocycles. The first-order valence-corrected chi connectivity index (χ1v) is 14.7. The molecule has 3 aliphatic rings. The van der Waals surface area contributed by atoms with Crippen LogP contribution in [0.1, 0.15) is 29.8 Å². The predicted molar refractivity (Wildman–Crippen MR) is 167 cm³/mol. The Kier molecular flexibility index (Phi) is 6.54. The summed E-state index contributed by atoms with van der Waals surface area (Å²) in [5.41, 5.74) is 8.28. The average Bonchev–Trinajstić information content (AvgIpc) is 3.63. The van der Waals surface area contributed by atoms with Crippen LogP contribution >= 0.6 is 0 Å². The third-order valence-electron chi connectivity index (χ3n) is 9.13. The van der Waals surface area contributed by atoms with E-state index < -0.39 is 0 Å². The monoisotopic (exact) mass is 547 g/mol. The lowest BCUT2D eigenvalue weighted by Gasteiger charge is -2.39. The van der Waals surface area contributed by atoms with Crippen molar-refractivity contribution in [1.82, 2.24) is 9.88 Å². The lowest BCUT2D eigenvalue weighted by molar-refractivity contribution is 0.230. The highest BCUT2D eigenvalue weighted by Gasteiger charge is 2.33. The number of ether oxygens (including phenoxy) is 1. The van der Waals surface area contributed by atoms with Crippen molar-refractivity contribution >= 4 is 33.9 Å². The minimum absolute atomic E-state index is 0.105. The molecule has 210 valence electrons. The topological polar surface area (TPSA) is 60.9 Å². The highest BCUT2D eigenvalue weighted by Crippen LogP contribution is 2.41. The van der Waals surface area contributed by atoms with Gasteiger partial charge in [-0.05, 0) is 80.4 Å². The van der Waals surface area contributed by atoms with Gasteiger partial charge >= 0.3 is 6.03 Å². The van der Waals surface area contributed by atoms with E-state index in [4.69, 9.17) is 4.74 Å². The summed E-state index contributed by atoms with van der Waals surface area (Å²) in [6.45, 7) is 8.99. The molecule has 41 heavy (non-hydrogen) atoms. The molecule has 2 fully saturated rings. The van der Waals surface area contributed by atoms with E-state index in [1.165, 1.54) is 19.4 Å². The van der Waals surface area contributed by atoms with Gasteiger partial charge in [0.05, 0.1) is 24.2 Å². The number of benzene rings is 3. The van der Waals surface area contributed by atoms with E-state index in [-0.39, 0.29) is 6.03 Å². The fourth-order valence-electron chi connectivity index (χ4n) is 7.04. The molecular formula is C34H37N5O2. The number of nitrogens with one attached hydrogen (secondary N) is 1. The van der Waals surface area contributed by atoms with Crippen LogP contribution in [0.3, 0.4) is 0 Å². The standard InChI is InChI=1S/C34H37N5O2/c1-22-12-13-26(23(2)35-22)27-8-4-10-29-28(27)9-5-11-30(29)36-34(40)39-16-14-24-19-33(41-3)32(20-31(24)39)38-18-17-37-15-6-7-25(37)21-38/h4-5,8-13,19-20,25H,6-7,14-18,21H2,1-3H3,(H,36,40). The molecule has 0 bridgehead atoms. The van der Waals surface area contributed by atoms with Crippen molar-refractivity contribution in [3.8, 4) is 16.9 Å². The van der Waals surface area contributed by atoms with E-state index >= 15 is 0 Å². The Balaban J connectivity index is 1.19. The van der Waals surface area contributed by atoms with Crippen LogP contribution in [0.25, 0.3) is 21.9 Å². The van der Waals surface area contributed by atoms with E-state index in [1.54, 1.807) is 7.11 Å². The Labute approximate surface area is 241 Å². The van der Waals surface area contributed by atoms with Crippen molar-refractivity contribution in [2.45, 2.75) is 39.2 Å². The number of hydrogen-bond donors (Lipinski definition) is 1. The van der Waals surface area contributed by atoms with Gasteiger partial charge in [-0.25, -0.2) is 4.79 Å². The normalized spacial score (nSPS) is 18.5. The van der Waals surface area contributed by atoms with E-state index in [2.05, 4.69) is 75.6 Å². The van der Waals surface area contributed by atoms with Crippen molar-refractivity contribution in [2.75, 3.05) is 55.0 Å². The maximum atomic E-state index is 13.8. The summed E-state index contributed by atoms with van der Waals surface area (Å²) >= 11 is 0. The molecule has 3 aromatic carbocycles. The minimum Gasteiger partial charge on any atom is -0.495 e. The lowest BCUT2D eigenvalue weighted by Crippen LogP contribution is -2.50. The van der Waals surface area contributed by atoms with Crippen LogP contribution in [0.15, 0.2) is 60.7 Å². The van der Waals surface area contributed by atoms with E-state index in [0.717, 1.165) is 87.7 Å². The summed E-state index contributed by atoms with van der Waals surface area (Å²) in [4.78, 5) is 25.4. The van der Waals surface area contributed by atoms with Crippen molar-refractivity contribution in [3.63, 3.8) is 0 Å². The number of anilines is 3. The smallest absolute Gasteiger partial charge is 0.326 e. The number of urea groups is 1. The molecule has 1 N–H and O–H groups in total. The second-order valence-electron chi connectivity index (χ2n) is 11.6. The van der Waals surface area contributed by atoms with Crippen molar-refractivity contribution in [2.24, 2.45) is 0 Å². The average molecular weight is 548 g/mol. The van der Waals surface area contributed by atoms with Crippen LogP contribution in [0.4, 0.5) is 21.9 Å². The van der Waals surface area contributed by atoms with Crippen molar-refractivity contribution in [1.29, 1.82) is 0 Å². The molecule has 1 atom stereocenters. The Bertz CT molecular complexity index is 1650. The molecule has 7 rings (SSSR count). The molecule has 0 spiro atoms. The Morgan fingerprint density at radius 1 is 0.927 bits per heavy atom. The van der Waals surface area contributed by atoms with Gasteiger partial charge in [-0.1, -0.05) is 36.4 Å². The number of fused-ring (bicyclic) bond motifs is 3. The van der Waals surface area contributed by atoms with Gasteiger partial charge in [-0.2, -0.15) is 0 Å². The van der Waals surface area contributed by atoms with E-state index in [1.807, 2.05) is 24.0 Å². The molecule has 0 saturated carbocycles. The summed E-state index contributed by atoms with van der Waals surface area (Å²) in [6.07, 6.45) is 3.35. The predicted octanol–water partition coefficient (Wildman–Crippen LogP) is 6.41. The fraction of sp³-hybridized carbons (Fsp3) is 0.353. The Morgan fingerprint density at radius 2 is 1.78 bits per heavy atom. The molecule has 0 radical (unpaired) electrons. The van der Waals surface area contributed by atoms with Crippen LogP contribution in [0.5, 0.6) is 5.75 Å². The number of carbonyl (C=O) groups is 1. The highest BCUT2D eigenvalue weighted by molar-refractivity contribution is 6.11. The summed E-state index contributed by atoms with van der Waals surface area (Å²) in [6, 6.07) is 21.4. The molecule has 7 nitrogen and oxygen atoms in total. The number of hydrogen-bond acceptors (Lipinski definition) is 5. The summed E-state index contributed by atoms with van der Waals surface area (Å²) < 4.78 is 5.86. The summed E-state index contributed by atoms with van der Waals surface area (Å²) in [7, 11) is 1.75. The van der Waals surface area contributed by atoms with E-state index in [0.29, 0.717) is 12.6 Å². The van der Waals surface area contributed by atoms with Gasteiger partial charge in [-0.15, -0.1) is 0 Å². The van der Waals surface area contributed by atoms with Gasteiger partial charge in [0.1, 0.15) is 5.75 Å². The largest absolute Gasteiger partial charge is 0.495 e. The molecule has 1 unspecified atom stereocenters. The minimum atomic E-state index is -0.105. The maximum absolute atomic E-state index is 13.8. The third kappa shape index (κ3) is 4.58. The van der Waals surface area contributed by atoms with Crippen LogP contribution < -0.4 is 19.9 Å². The van der Waals surface area contributed by atoms with Gasteiger partial charge in [0, 0.05) is 54.6 Å². The number of carbonyl (C=O) groups excluding carboxylic acids is 1. The zero-order chi connectivity index (χ0) is 28.1. The first kappa shape index (κ1) is 25.8. The number of pyridine rings is 1. The van der Waals surface area contributed by atoms with Gasteiger partial charge in [0.2, 0.25) is 0 Å². The maximum Gasteiger partial charge on any atom is 0.326 e. The van der Waals surface area contributed by atoms with Crippen molar-refractivity contribution in [3.05, 3.63) is 77.6 Å². The number of rotatable bonds is 4. The third-order valence-corrected chi connectivity index (χ3v) is 9.13. The number of aryl methyl sites for hydroxylation is 2.